The Labute approximate surface area is 135 Å². The number of hydrogen-bond donors (Lipinski definition) is 2. The number of carbonyl (C=O) groups is 1. The molecule has 122 valence electrons. The lowest BCUT2D eigenvalue weighted by atomic mass is 10.1. The van der Waals surface area contributed by atoms with Crippen LogP contribution in [0.2, 0.25) is 0 Å². The second-order valence-corrected chi connectivity index (χ2v) is 5.25. The number of nitrogens with one attached hydrogen (secondary N) is 1. The van der Waals surface area contributed by atoms with Crippen molar-refractivity contribution in [2.45, 2.75) is 26.2 Å². The quantitative estimate of drug-likeness (QED) is 0.593. The summed E-state index contributed by atoms with van der Waals surface area (Å²) >= 11 is 0. The van der Waals surface area contributed by atoms with Gasteiger partial charge in [0.15, 0.2) is 0 Å². The molecule has 2 rings (SSSR count). The summed E-state index contributed by atoms with van der Waals surface area (Å²) < 4.78 is 19.4. The van der Waals surface area contributed by atoms with Gasteiger partial charge in [0.2, 0.25) is 0 Å². The van der Waals surface area contributed by atoms with E-state index in [9.17, 15) is 9.18 Å². The van der Waals surface area contributed by atoms with Gasteiger partial charge in [0.05, 0.1) is 17.9 Å². The van der Waals surface area contributed by atoms with Crippen molar-refractivity contribution in [3.8, 4) is 5.75 Å². The van der Waals surface area contributed by atoms with Crippen LogP contribution >= 0.6 is 0 Å². The number of rotatable bonds is 7. The molecule has 3 N–H and O–H groups in total. The Morgan fingerprint density at radius 2 is 2.00 bits per heavy atom. The van der Waals surface area contributed by atoms with Gasteiger partial charge in [-0.15, -0.1) is 0 Å². The van der Waals surface area contributed by atoms with Gasteiger partial charge in [-0.05, 0) is 36.8 Å². The van der Waals surface area contributed by atoms with Gasteiger partial charge >= 0.3 is 0 Å². The molecule has 2 aromatic carbocycles. The SMILES string of the molecule is CCCCCOc1ccccc1C(=O)Nc1cc(N)ccc1F. The second-order valence-electron chi connectivity index (χ2n) is 5.25. The topological polar surface area (TPSA) is 64.3 Å². The van der Waals surface area contributed by atoms with E-state index in [1.165, 1.54) is 18.2 Å². The maximum absolute atomic E-state index is 13.7. The lowest BCUT2D eigenvalue weighted by Crippen LogP contribution is -2.15. The molecule has 0 spiro atoms. The number of para-hydroxylation sites is 1. The molecular formula is C18H21FN2O2. The Hall–Kier alpha value is -2.56. The Kier molecular flexibility index (Phi) is 5.97. The summed E-state index contributed by atoms with van der Waals surface area (Å²) in [5, 5.41) is 2.54. The molecule has 0 unspecified atom stereocenters. The van der Waals surface area contributed by atoms with E-state index in [0.29, 0.717) is 23.6 Å². The van der Waals surface area contributed by atoms with Crippen LogP contribution in [0.3, 0.4) is 0 Å². The van der Waals surface area contributed by atoms with Gasteiger partial charge in [-0.25, -0.2) is 4.39 Å². The molecule has 0 aliphatic rings. The minimum Gasteiger partial charge on any atom is -0.493 e. The highest BCUT2D eigenvalue weighted by Gasteiger charge is 2.14. The van der Waals surface area contributed by atoms with E-state index in [1.807, 2.05) is 0 Å². The first kappa shape index (κ1) is 16.8. The summed E-state index contributed by atoms with van der Waals surface area (Å²) in [6, 6.07) is 11.0. The number of benzene rings is 2. The van der Waals surface area contributed by atoms with Crippen LogP contribution in [-0.2, 0) is 0 Å². The van der Waals surface area contributed by atoms with Crippen LogP contribution in [0.25, 0.3) is 0 Å². The highest BCUT2D eigenvalue weighted by molar-refractivity contribution is 6.06. The van der Waals surface area contributed by atoms with Crippen molar-refractivity contribution in [3.63, 3.8) is 0 Å². The van der Waals surface area contributed by atoms with Crippen LogP contribution in [0.5, 0.6) is 5.75 Å². The zero-order valence-corrected chi connectivity index (χ0v) is 13.1. The number of carbonyl (C=O) groups excluding carboxylic acids is 1. The molecule has 0 saturated carbocycles. The van der Waals surface area contributed by atoms with Crippen LogP contribution in [-0.4, -0.2) is 12.5 Å². The van der Waals surface area contributed by atoms with Crippen LogP contribution in [0.4, 0.5) is 15.8 Å². The van der Waals surface area contributed by atoms with Gasteiger partial charge in [0.25, 0.3) is 5.91 Å². The molecule has 0 saturated heterocycles. The number of nitrogens with two attached hydrogens (primary N) is 1. The minimum atomic E-state index is -0.533. The molecule has 0 atom stereocenters. The number of ether oxygens (including phenoxy) is 1. The molecule has 0 bridgehead atoms. The number of nitrogen functional groups attached to an aromatic ring is 1. The summed E-state index contributed by atoms with van der Waals surface area (Å²) in [7, 11) is 0. The van der Waals surface area contributed by atoms with Gasteiger partial charge in [0.1, 0.15) is 11.6 Å². The predicted molar refractivity (Wildman–Crippen MR) is 90.2 cm³/mol. The van der Waals surface area contributed by atoms with Crippen LogP contribution < -0.4 is 15.8 Å². The average Bonchev–Trinajstić information content (AvgIpc) is 2.55. The molecule has 0 aromatic heterocycles. The number of unbranched alkanes of at least 4 members (excludes halogenated alkanes) is 2. The van der Waals surface area contributed by atoms with Crippen LogP contribution in [0, 0.1) is 5.82 Å². The van der Waals surface area contributed by atoms with E-state index in [0.717, 1.165) is 19.3 Å². The predicted octanol–water partition coefficient (Wildman–Crippen LogP) is 4.23. The van der Waals surface area contributed by atoms with Gasteiger partial charge in [-0.2, -0.15) is 0 Å². The third kappa shape index (κ3) is 4.71. The first-order chi connectivity index (χ1) is 11.1. The summed E-state index contributed by atoms with van der Waals surface area (Å²) in [5.41, 5.74) is 6.42. The van der Waals surface area contributed by atoms with Crippen molar-refractivity contribution in [3.05, 3.63) is 53.8 Å². The lowest BCUT2D eigenvalue weighted by Gasteiger charge is -2.12. The molecule has 0 radical (unpaired) electrons. The summed E-state index contributed by atoms with van der Waals surface area (Å²) in [6.07, 6.45) is 3.10. The minimum absolute atomic E-state index is 0.0517. The molecule has 0 aliphatic heterocycles. The first-order valence-corrected chi connectivity index (χ1v) is 7.70. The third-order valence-corrected chi connectivity index (χ3v) is 3.38. The molecule has 23 heavy (non-hydrogen) atoms. The second kappa shape index (κ2) is 8.17. The molecule has 2 aromatic rings. The first-order valence-electron chi connectivity index (χ1n) is 7.70. The Morgan fingerprint density at radius 3 is 2.78 bits per heavy atom. The van der Waals surface area contributed by atoms with Crippen molar-refractivity contribution in [1.29, 1.82) is 0 Å². The van der Waals surface area contributed by atoms with Gasteiger partial charge in [-0.1, -0.05) is 31.9 Å². The number of halogens is 1. The number of amides is 1. The van der Waals surface area contributed by atoms with Crippen molar-refractivity contribution in [1.82, 2.24) is 0 Å². The van der Waals surface area contributed by atoms with E-state index >= 15 is 0 Å². The van der Waals surface area contributed by atoms with E-state index < -0.39 is 11.7 Å². The highest BCUT2D eigenvalue weighted by atomic mass is 19.1. The molecule has 1 amide bonds. The molecule has 0 fully saturated rings. The summed E-state index contributed by atoms with van der Waals surface area (Å²) in [5.74, 6) is -0.472. The molecule has 4 nitrogen and oxygen atoms in total. The zero-order chi connectivity index (χ0) is 16.7. The van der Waals surface area contributed by atoms with Crippen molar-refractivity contribution in [2.24, 2.45) is 0 Å². The number of hydrogen-bond acceptors (Lipinski definition) is 3. The van der Waals surface area contributed by atoms with E-state index in [1.54, 1.807) is 24.3 Å². The smallest absolute Gasteiger partial charge is 0.259 e. The maximum Gasteiger partial charge on any atom is 0.259 e. The standard InChI is InChI=1S/C18H21FN2O2/c1-2-3-6-11-23-17-8-5-4-7-14(17)18(22)21-16-12-13(20)9-10-15(16)19/h4-5,7-10,12H,2-3,6,11,20H2,1H3,(H,21,22). The molecule has 0 heterocycles. The highest BCUT2D eigenvalue weighted by Crippen LogP contribution is 2.22. The van der Waals surface area contributed by atoms with Crippen molar-refractivity contribution < 1.29 is 13.9 Å². The maximum atomic E-state index is 13.7. The summed E-state index contributed by atoms with van der Waals surface area (Å²) in [4.78, 5) is 12.4. The average molecular weight is 316 g/mol. The number of anilines is 2. The largest absolute Gasteiger partial charge is 0.493 e. The molecule has 5 heteroatoms. The van der Waals surface area contributed by atoms with E-state index in [4.69, 9.17) is 10.5 Å². The van der Waals surface area contributed by atoms with Gasteiger partial charge < -0.3 is 15.8 Å². The van der Waals surface area contributed by atoms with Gasteiger partial charge in [-0.3, -0.25) is 4.79 Å². The fraction of sp³-hybridized carbons (Fsp3) is 0.278. The Bertz CT molecular complexity index is 674. The lowest BCUT2D eigenvalue weighted by molar-refractivity contribution is 0.102. The summed E-state index contributed by atoms with van der Waals surface area (Å²) in [6.45, 7) is 2.66. The van der Waals surface area contributed by atoms with E-state index in [2.05, 4.69) is 12.2 Å². The monoisotopic (exact) mass is 316 g/mol. The van der Waals surface area contributed by atoms with Crippen LogP contribution in [0.1, 0.15) is 36.5 Å². The van der Waals surface area contributed by atoms with Crippen molar-refractivity contribution >= 4 is 17.3 Å². The van der Waals surface area contributed by atoms with Crippen LogP contribution in [0.15, 0.2) is 42.5 Å². The normalized spacial score (nSPS) is 10.3. The molecule has 0 aliphatic carbocycles. The fourth-order valence-corrected chi connectivity index (χ4v) is 2.14. The third-order valence-electron chi connectivity index (χ3n) is 3.38. The molecular weight excluding hydrogens is 295 g/mol. The zero-order valence-electron chi connectivity index (χ0n) is 13.1. The van der Waals surface area contributed by atoms with Crippen molar-refractivity contribution in [2.75, 3.05) is 17.7 Å². The fourth-order valence-electron chi connectivity index (χ4n) is 2.14. The van der Waals surface area contributed by atoms with Gasteiger partial charge in [0, 0.05) is 5.69 Å². The Balaban J connectivity index is 2.11. The Morgan fingerprint density at radius 1 is 1.22 bits per heavy atom. The van der Waals surface area contributed by atoms with E-state index in [-0.39, 0.29) is 5.69 Å².